The van der Waals surface area contributed by atoms with E-state index >= 15 is 0 Å². The predicted molar refractivity (Wildman–Crippen MR) is 94.7 cm³/mol. The molecular weight excluding hydrogens is 343 g/mol. The predicted octanol–water partition coefficient (Wildman–Crippen LogP) is 0.183. The first kappa shape index (κ1) is 25.6. The van der Waals surface area contributed by atoms with Crippen LogP contribution in [0.5, 0.6) is 0 Å². The number of aliphatic hydroxyl groups is 1. The van der Waals surface area contributed by atoms with Crippen molar-refractivity contribution in [1.82, 2.24) is 0 Å². The molecule has 0 spiro atoms. The molecule has 1 atom stereocenters. The van der Waals surface area contributed by atoms with E-state index in [2.05, 4.69) is 11.7 Å². The van der Waals surface area contributed by atoms with Crippen LogP contribution in [0.3, 0.4) is 0 Å². The molecule has 1 aliphatic rings. The molecule has 1 heterocycles. The monoisotopic (exact) mass is 376 g/mol. The first-order valence-corrected chi connectivity index (χ1v) is 9.88. The smallest absolute Gasteiger partial charge is 0.872 e. The maximum Gasteiger partial charge on any atom is 1.00 e. The summed E-state index contributed by atoms with van der Waals surface area (Å²) in [6.45, 7) is 1.66. The Morgan fingerprint density at radius 2 is 1.42 bits per heavy atom. The second-order valence-corrected chi connectivity index (χ2v) is 6.88. The third-order valence-electron chi connectivity index (χ3n) is 4.69. The maximum atomic E-state index is 12.0. The van der Waals surface area contributed by atoms with Gasteiger partial charge in [0.05, 0.1) is 12.2 Å². The Morgan fingerprint density at radius 3 is 1.85 bits per heavy atom. The zero-order valence-electron chi connectivity index (χ0n) is 16.6. The van der Waals surface area contributed by atoms with Crippen LogP contribution in [0.15, 0.2) is 11.3 Å². The van der Waals surface area contributed by atoms with Gasteiger partial charge in [0, 0.05) is 6.42 Å². The SMILES string of the molecule is CCCCCCCCCCCCCCC(=O)C1=C([O-])C(CO)OC1=O.[Na+]. The van der Waals surface area contributed by atoms with Gasteiger partial charge in [-0.2, -0.15) is 0 Å². The number of esters is 1. The number of ketones is 1. The summed E-state index contributed by atoms with van der Waals surface area (Å²) in [5, 5.41) is 20.7. The molecule has 26 heavy (non-hydrogen) atoms. The van der Waals surface area contributed by atoms with Crippen LogP contribution in [0.2, 0.25) is 0 Å². The number of cyclic esters (lactones) is 1. The molecule has 0 radical (unpaired) electrons. The summed E-state index contributed by atoms with van der Waals surface area (Å²) in [6.07, 6.45) is 13.4. The molecule has 5 nitrogen and oxygen atoms in total. The minimum Gasteiger partial charge on any atom is -0.872 e. The Labute approximate surface area is 179 Å². The molecule has 0 amide bonds. The van der Waals surface area contributed by atoms with E-state index in [1.807, 2.05) is 0 Å². The molecule has 0 saturated carbocycles. The van der Waals surface area contributed by atoms with Crippen molar-refractivity contribution in [2.24, 2.45) is 0 Å². The molecule has 6 heteroatoms. The number of carbonyl (C=O) groups excluding carboxylic acids is 2. The minimum atomic E-state index is -1.19. The van der Waals surface area contributed by atoms with Crippen LogP contribution in [-0.2, 0) is 14.3 Å². The number of hydrogen-bond acceptors (Lipinski definition) is 5. The van der Waals surface area contributed by atoms with Crippen molar-refractivity contribution in [2.45, 2.75) is 96.5 Å². The Bertz CT molecular complexity index is 447. The van der Waals surface area contributed by atoms with Crippen molar-refractivity contribution in [3.05, 3.63) is 11.3 Å². The average Bonchev–Trinajstić information content (AvgIpc) is 2.89. The molecule has 0 aromatic carbocycles. The molecule has 1 N–H and O–H groups in total. The van der Waals surface area contributed by atoms with Gasteiger partial charge >= 0.3 is 35.5 Å². The fourth-order valence-corrected chi connectivity index (χ4v) is 3.13. The zero-order chi connectivity index (χ0) is 18.5. The van der Waals surface area contributed by atoms with E-state index in [1.165, 1.54) is 57.8 Å². The number of hydrogen-bond donors (Lipinski definition) is 1. The fourth-order valence-electron chi connectivity index (χ4n) is 3.13. The van der Waals surface area contributed by atoms with Gasteiger partial charge in [-0.15, -0.1) is 0 Å². The Hall–Kier alpha value is -0.360. The largest absolute Gasteiger partial charge is 1.00 e. The molecule has 0 aromatic heterocycles. The second kappa shape index (κ2) is 15.7. The van der Waals surface area contributed by atoms with Crippen molar-refractivity contribution in [2.75, 3.05) is 6.61 Å². The summed E-state index contributed by atoms with van der Waals surface area (Å²) in [6, 6.07) is 0. The summed E-state index contributed by atoms with van der Waals surface area (Å²) in [5.41, 5.74) is -0.387. The summed E-state index contributed by atoms with van der Waals surface area (Å²) in [7, 11) is 0. The number of ether oxygens (including phenoxy) is 1. The van der Waals surface area contributed by atoms with E-state index in [1.54, 1.807) is 0 Å². The number of carbonyl (C=O) groups is 2. The van der Waals surface area contributed by atoms with Gasteiger partial charge in [-0.1, -0.05) is 83.3 Å². The molecule has 1 unspecified atom stereocenters. The van der Waals surface area contributed by atoms with Gasteiger partial charge in [-0.3, -0.25) is 4.79 Å². The van der Waals surface area contributed by atoms with Crippen LogP contribution >= 0.6 is 0 Å². The van der Waals surface area contributed by atoms with Crippen LogP contribution in [0.25, 0.3) is 0 Å². The minimum absolute atomic E-state index is 0. The second-order valence-electron chi connectivity index (χ2n) is 6.88. The molecule has 0 aromatic rings. The van der Waals surface area contributed by atoms with Crippen molar-refractivity contribution in [3.8, 4) is 0 Å². The molecule has 1 aliphatic heterocycles. The fraction of sp³-hybridized carbons (Fsp3) is 0.800. The van der Waals surface area contributed by atoms with Gasteiger partial charge in [0.1, 0.15) is 6.10 Å². The van der Waals surface area contributed by atoms with E-state index < -0.39 is 30.2 Å². The topological polar surface area (TPSA) is 86.7 Å². The van der Waals surface area contributed by atoms with E-state index in [0.29, 0.717) is 6.42 Å². The number of Topliss-reactive ketones (excluding diaryl/α,β-unsaturated/α-hetero) is 1. The number of unbranched alkanes of at least 4 members (excludes halogenated alkanes) is 11. The van der Waals surface area contributed by atoms with Crippen LogP contribution < -0.4 is 34.7 Å². The van der Waals surface area contributed by atoms with Gasteiger partial charge in [0.2, 0.25) is 0 Å². The Morgan fingerprint density at radius 1 is 0.962 bits per heavy atom. The van der Waals surface area contributed by atoms with Gasteiger partial charge in [0.25, 0.3) is 0 Å². The molecule has 1 rings (SSSR count). The first-order chi connectivity index (χ1) is 12.1. The van der Waals surface area contributed by atoms with Gasteiger partial charge in [-0.25, -0.2) is 4.79 Å². The number of rotatable bonds is 15. The van der Waals surface area contributed by atoms with Crippen LogP contribution in [0, 0.1) is 0 Å². The zero-order valence-corrected chi connectivity index (χ0v) is 18.6. The van der Waals surface area contributed by atoms with E-state index in [0.717, 1.165) is 12.8 Å². The van der Waals surface area contributed by atoms with Crippen LogP contribution in [0.4, 0.5) is 0 Å². The van der Waals surface area contributed by atoms with Gasteiger partial charge in [0.15, 0.2) is 5.78 Å². The van der Waals surface area contributed by atoms with Crippen molar-refractivity contribution in [3.63, 3.8) is 0 Å². The third kappa shape index (κ3) is 9.54. The standard InChI is InChI=1S/C20H34O5.Na/c1-2-3-4-5-6-7-8-9-10-11-12-13-14-16(22)18-19(23)17(15-21)25-20(18)24;/h17,21,23H,2-15H2,1H3;/q;+1/p-1. The van der Waals surface area contributed by atoms with Gasteiger partial charge in [-0.05, 0) is 6.42 Å². The normalized spacial score (nSPS) is 16.5. The summed E-state index contributed by atoms with van der Waals surface area (Å²) < 4.78 is 4.67. The van der Waals surface area contributed by atoms with E-state index in [9.17, 15) is 14.7 Å². The van der Waals surface area contributed by atoms with Crippen molar-refractivity contribution < 1.29 is 54.1 Å². The van der Waals surface area contributed by atoms with Crippen LogP contribution in [-0.4, -0.2) is 29.6 Å². The summed E-state index contributed by atoms with van der Waals surface area (Å²) >= 11 is 0. The molecule has 0 saturated heterocycles. The number of aliphatic hydroxyl groups excluding tert-OH is 1. The molecule has 144 valence electrons. The molecule has 0 bridgehead atoms. The van der Waals surface area contributed by atoms with Crippen LogP contribution in [0.1, 0.15) is 90.4 Å². The Kier molecular flexibility index (Phi) is 15.5. The van der Waals surface area contributed by atoms with E-state index in [4.69, 9.17) is 5.11 Å². The molecule has 0 fully saturated rings. The van der Waals surface area contributed by atoms with Crippen molar-refractivity contribution >= 4 is 11.8 Å². The third-order valence-corrected chi connectivity index (χ3v) is 4.69. The van der Waals surface area contributed by atoms with E-state index in [-0.39, 0.29) is 41.6 Å². The molecule has 0 aliphatic carbocycles. The average molecular weight is 376 g/mol. The summed E-state index contributed by atoms with van der Waals surface area (Å²) in [5.74, 6) is -2.00. The van der Waals surface area contributed by atoms with Gasteiger partial charge < -0.3 is 14.9 Å². The first-order valence-electron chi connectivity index (χ1n) is 9.88. The summed E-state index contributed by atoms with van der Waals surface area (Å²) in [4.78, 5) is 23.5. The quantitative estimate of drug-likeness (QED) is 0.191. The van der Waals surface area contributed by atoms with Crippen molar-refractivity contribution in [1.29, 1.82) is 0 Å². The Balaban J connectivity index is 0.00000625. The molecular formula is C20H33NaO5. The maximum absolute atomic E-state index is 12.0.